The Labute approximate surface area is 200 Å². The molecule has 1 fully saturated rings. The second-order valence-corrected chi connectivity index (χ2v) is 10.4. The lowest BCUT2D eigenvalue weighted by molar-refractivity contribution is -0.149. The summed E-state index contributed by atoms with van der Waals surface area (Å²) >= 11 is 0. The van der Waals surface area contributed by atoms with Crippen molar-refractivity contribution in [2.45, 2.75) is 26.3 Å². The van der Waals surface area contributed by atoms with Crippen molar-refractivity contribution in [1.29, 1.82) is 0 Å². The van der Waals surface area contributed by atoms with Crippen LogP contribution in [0.15, 0.2) is 66.9 Å². The molecule has 1 saturated heterocycles. The van der Waals surface area contributed by atoms with Crippen molar-refractivity contribution in [2.24, 2.45) is 5.92 Å². The van der Waals surface area contributed by atoms with Gasteiger partial charge in [0, 0.05) is 44.0 Å². The van der Waals surface area contributed by atoms with Crippen LogP contribution in [0.1, 0.15) is 25.3 Å². The summed E-state index contributed by atoms with van der Waals surface area (Å²) in [6.07, 6.45) is 3.13. The topological polar surface area (TPSA) is 84.7 Å². The minimum atomic E-state index is -3.77. The zero-order valence-electron chi connectivity index (χ0n) is 19.5. The molecule has 0 spiro atoms. The molecule has 2 aromatic carbocycles. The van der Waals surface area contributed by atoms with Gasteiger partial charge in [0.15, 0.2) is 0 Å². The summed E-state index contributed by atoms with van der Waals surface area (Å²) in [4.78, 5) is 12.2. The lowest BCUT2D eigenvalue weighted by Gasteiger charge is -2.33. The Morgan fingerprint density at radius 3 is 2.47 bits per heavy atom. The normalized spacial score (nSPS) is 17.1. The van der Waals surface area contributed by atoms with Crippen molar-refractivity contribution in [3.8, 4) is 16.9 Å². The van der Waals surface area contributed by atoms with E-state index in [1.54, 1.807) is 18.7 Å². The molecule has 8 nitrogen and oxygen atoms in total. The van der Waals surface area contributed by atoms with Crippen molar-refractivity contribution in [3.05, 3.63) is 72.4 Å². The second kappa shape index (κ2) is 10.5. The quantitative estimate of drug-likeness (QED) is 0.459. The molecule has 1 aromatic heterocycles. The molecule has 0 aliphatic carbocycles. The van der Waals surface area contributed by atoms with Crippen molar-refractivity contribution < 1.29 is 17.9 Å². The van der Waals surface area contributed by atoms with Crippen molar-refractivity contribution in [2.75, 3.05) is 26.7 Å². The maximum Gasteiger partial charge on any atom is 0.310 e. The number of hydrogen-bond donors (Lipinski definition) is 0. The van der Waals surface area contributed by atoms with Gasteiger partial charge < -0.3 is 4.74 Å². The smallest absolute Gasteiger partial charge is 0.310 e. The van der Waals surface area contributed by atoms with Gasteiger partial charge >= 0.3 is 5.97 Å². The van der Waals surface area contributed by atoms with Gasteiger partial charge in [-0.3, -0.25) is 4.79 Å². The van der Waals surface area contributed by atoms with Crippen LogP contribution in [0.3, 0.4) is 0 Å². The van der Waals surface area contributed by atoms with Gasteiger partial charge in [0.05, 0.1) is 23.9 Å². The second-order valence-electron chi connectivity index (χ2n) is 8.36. The molecule has 34 heavy (non-hydrogen) atoms. The molecule has 180 valence electrons. The number of benzene rings is 2. The third-order valence-corrected chi connectivity index (χ3v) is 7.88. The van der Waals surface area contributed by atoms with E-state index in [0.29, 0.717) is 19.4 Å². The molecule has 0 N–H and O–H groups in total. The Morgan fingerprint density at radius 1 is 1.12 bits per heavy atom. The highest BCUT2D eigenvalue weighted by molar-refractivity contribution is 7.86. The largest absolute Gasteiger partial charge is 0.466 e. The number of rotatable bonds is 8. The van der Waals surface area contributed by atoms with Crippen LogP contribution in [0, 0.1) is 5.92 Å². The van der Waals surface area contributed by atoms with E-state index < -0.39 is 16.1 Å². The summed E-state index contributed by atoms with van der Waals surface area (Å²) in [5.74, 6) is -0.766. The van der Waals surface area contributed by atoms with Gasteiger partial charge in [-0.1, -0.05) is 48.5 Å². The average Bonchev–Trinajstić information content (AvgIpc) is 3.29. The van der Waals surface area contributed by atoms with Crippen LogP contribution in [0.25, 0.3) is 16.9 Å². The molecule has 3 aromatic rings. The molecule has 2 heterocycles. The molecule has 1 aliphatic rings. The van der Waals surface area contributed by atoms with Crippen LogP contribution in [0.4, 0.5) is 0 Å². The molecule has 1 atom stereocenters. The summed E-state index contributed by atoms with van der Waals surface area (Å²) in [5.41, 5.74) is 3.33. The van der Waals surface area contributed by atoms with Gasteiger partial charge in [-0.2, -0.15) is 22.1 Å². The molecule has 4 rings (SSSR count). The maximum atomic E-state index is 13.4. The minimum absolute atomic E-state index is 0.139. The van der Waals surface area contributed by atoms with Crippen molar-refractivity contribution in [3.63, 3.8) is 0 Å². The van der Waals surface area contributed by atoms with Crippen LogP contribution in [-0.2, 0) is 26.3 Å². The maximum absolute atomic E-state index is 13.4. The first-order valence-corrected chi connectivity index (χ1v) is 12.9. The fourth-order valence-corrected chi connectivity index (χ4v) is 5.63. The van der Waals surface area contributed by atoms with E-state index in [1.807, 2.05) is 66.9 Å². The molecule has 1 aliphatic heterocycles. The number of para-hydroxylation sites is 1. The molecular weight excluding hydrogens is 452 g/mol. The summed E-state index contributed by atoms with van der Waals surface area (Å²) in [6.45, 7) is 2.72. The number of nitrogens with zero attached hydrogens (tertiary/aromatic N) is 4. The fourth-order valence-electron chi connectivity index (χ4n) is 4.20. The standard InChI is InChI=1S/C25H30N4O4S/c1-3-33-25(30)21-13-10-16-28(18-21)34(31,32)27(2)17-22-19-29(23-14-8-5-9-15-23)26-24(22)20-11-6-4-7-12-20/h4-9,11-12,14-15,19,21H,3,10,13,16-18H2,1-2H3/t21-/m0/s1. The molecule has 0 radical (unpaired) electrons. The first-order valence-electron chi connectivity index (χ1n) is 11.5. The monoisotopic (exact) mass is 482 g/mol. The Bertz CT molecular complexity index is 1210. The predicted molar refractivity (Wildman–Crippen MR) is 130 cm³/mol. The first-order chi connectivity index (χ1) is 16.4. The lowest BCUT2D eigenvalue weighted by Crippen LogP contribution is -2.48. The van der Waals surface area contributed by atoms with Crippen LogP contribution in [0.5, 0.6) is 0 Å². The van der Waals surface area contributed by atoms with E-state index in [9.17, 15) is 13.2 Å². The van der Waals surface area contributed by atoms with E-state index >= 15 is 0 Å². The first kappa shape index (κ1) is 24.1. The van der Waals surface area contributed by atoms with E-state index in [-0.39, 0.29) is 25.7 Å². The highest BCUT2D eigenvalue weighted by Crippen LogP contribution is 2.27. The van der Waals surface area contributed by atoms with Gasteiger partial charge in [0.2, 0.25) is 0 Å². The number of carbonyl (C=O) groups excluding carboxylic acids is 1. The molecule has 0 amide bonds. The van der Waals surface area contributed by atoms with Crippen LogP contribution in [0.2, 0.25) is 0 Å². The zero-order valence-corrected chi connectivity index (χ0v) is 20.3. The Morgan fingerprint density at radius 2 is 1.79 bits per heavy atom. The molecule has 0 bridgehead atoms. The third-order valence-electron chi connectivity index (χ3n) is 5.98. The number of esters is 1. The Balaban J connectivity index is 1.60. The number of aromatic nitrogens is 2. The third kappa shape index (κ3) is 5.22. The highest BCUT2D eigenvalue weighted by atomic mass is 32.2. The summed E-state index contributed by atoms with van der Waals surface area (Å²) in [7, 11) is -2.21. The number of ether oxygens (including phenoxy) is 1. The van der Waals surface area contributed by atoms with Crippen LogP contribution < -0.4 is 0 Å². The molecule has 9 heteroatoms. The lowest BCUT2D eigenvalue weighted by atomic mass is 10.0. The molecule has 0 saturated carbocycles. The molecular formula is C25H30N4O4S. The van der Waals surface area contributed by atoms with Gasteiger partial charge in [0.25, 0.3) is 10.2 Å². The van der Waals surface area contributed by atoms with Crippen LogP contribution in [-0.4, -0.2) is 59.5 Å². The van der Waals surface area contributed by atoms with E-state index in [2.05, 4.69) is 0 Å². The minimum Gasteiger partial charge on any atom is -0.466 e. The number of piperidine rings is 1. The van der Waals surface area contributed by atoms with Gasteiger partial charge in [-0.05, 0) is 31.9 Å². The SMILES string of the molecule is CCOC(=O)[C@H]1CCCN(S(=O)(=O)N(C)Cc2cn(-c3ccccc3)nc2-c2ccccc2)C1. The fraction of sp³-hybridized carbons (Fsp3) is 0.360. The number of carbonyl (C=O) groups is 1. The Kier molecular flexibility index (Phi) is 7.45. The predicted octanol–water partition coefficient (Wildman–Crippen LogP) is 3.49. The van der Waals surface area contributed by atoms with Gasteiger partial charge in [-0.15, -0.1) is 0 Å². The summed E-state index contributed by atoms with van der Waals surface area (Å²) in [5, 5.41) is 4.77. The Hall–Kier alpha value is -3.01. The summed E-state index contributed by atoms with van der Waals surface area (Å²) in [6, 6.07) is 19.4. The van der Waals surface area contributed by atoms with E-state index in [0.717, 1.165) is 22.5 Å². The zero-order chi connectivity index (χ0) is 24.1. The average molecular weight is 483 g/mol. The van der Waals surface area contributed by atoms with Gasteiger partial charge in [0.1, 0.15) is 0 Å². The van der Waals surface area contributed by atoms with E-state index in [1.165, 1.54) is 8.61 Å². The van der Waals surface area contributed by atoms with Crippen LogP contribution >= 0.6 is 0 Å². The number of hydrogen-bond acceptors (Lipinski definition) is 5. The van der Waals surface area contributed by atoms with Crippen molar-refractivity contribution in [1.82, 2.24) is 18.4 Å². The molecule has 0 unspecified atom stereocenters. The van der Waals surface area contributed by atoms with Gasteiger partial charge in [-0.25, -0.2) is 4.68 Å². The summed E-state index contributed by atoms with van der Waals surface area (Å²) < 4.78 is 36.4. The van der Waals surface area contributed by atoms with E-state index in [4.69, 9.17) is 9.84 Å². The van der Waals surface area contributed by atoms with Crippen molar-refractivity contribution >= 4 is 16.2 Å². The highest BCUT2D eigenvalue weighted by Gasteiger charge is 2.35.